The summed E-state index contributed by atoms with van der Waals surface area (Å²) in [4.78, 5) is 39.2. The molecule has 0 bridgehead atoms. The summed E-state index contributed by atoms with van der Waals surface area (Å²) >= 11 is 0. The largest absolute Gasteiger partial charge is 0.446 e. The number of benzene rings is 1. The molecule has 0 radical (unpaired) electrons. The Balaban J connectivity index is 1.42. The first-order chi connectivity index (χ1) is 16.4. The zero-order valence-corrected chi connectivity index (χ0v) is 18.4. The molecule has 1 aliphatic rings. The number of nitrogens with two attached hydrogens (primary N) is 1. The van der Waals surface area contributed by atoms with Gasteiger partial charge in [-0.2, -0.15) is 0 Å². The van der Waals surface area contributed by atoms with Crippen molar-refractivity contribution in [1.29, 1.82) is 0 Å². The Hall–Kier alpha value is -4.28. The predicted molar refractivity (Wildman–Crippen MR) is 123 cm³/mol. The number of piperidine rings is 1. The Morgan fingerprint density at radius 3 is 2.62 bits per heavy atom. The van der Waals surface area contributed by atoms with Crippen LogP contribution in [0, 0.1) is 12.7 Å². The number of hydrogen-bond acceptors (Lipinski definition) is 7. The van der Waals surface area contributed by atoms with Crippen molar-refractivity contribution < 1.29 is 18.7 Å². The molecule has 0 aliphatic carbocycles. The molecule has 34 heavy (non-hydrogen) atoms. The molecule has 4 heterocycles. The average Bonchev–Trinajstić information content (AvgIpc) is 3.19. The number of rotatable bonds is 4. The number of amides is 2. The molecule has 10 nitrogen and oxygen atoms in total. The molecule has 11 heteroatoms. The molecule has 2 amide bonds. The molecule has 0 unspecified atom stereocenters. The highest BCUT2D eigenvalue weighted by Gasteiger charge is 2.24. The van der Waals surface area contributed by atoms with Crippen molar-refractivity contribution in [2.24, 2.45) is 5.73 Å². The Bertz CT molecular complexity index is 1410. The summed E-state index contributed by atoms with van der Waals surface area (Å²) in [6.45, 7) is 3.04. The number of aromatic nitrogens is 4. The van der Waals surface area contributed by atoms with E-state index in [4.69, 9.17) is 10.5 Å². The lowest BCUT2D eigenvalue weighted by Crippen LogP contribution is -2.38. The zero-order chi connectivity index (χ0) is 23.8. The maximum atomic E-state index is 14.4. The first kappa shape index (κ1) is 21.6. The Morgan fingerprint density at radius 1 is 1.15 bits per heavy atom. The minimum atomic E-state index is -0.771. The first-order valence-electron chi connectivity index (χ1n) is 10.8. The van der Waals surface area contributed by atoms with Crippen LogP contribution in [0.4, 0.5) is 20.6 Å². The van der Waals surface area contributed by atoms with Gasteiger partial charge >= 0.3 is 6.09 Å². The summed E-state index contributed by atoms with van der Waals surface area (Å²) in [5, 5.41) is 2.75. The van der Waals surface area contributed by atoms with E-state index in [1.807, 2.05) is 6.07 Å². The van der Waals surface area contributed by atoms with Crippen molar-refractivity contribution in [3.8, 4) is 0 Å². The Labute approximate surface area is 193 Å². The van der Waals surface area contributed by atoms with Gasteiger partial charge < -0.3 is 25.1 Å². The molecule has 1 saturated heterocycles. The number of primary amides is 1. The van der Waals surface area contributed by atoms with Gasteiger partial charge in [0.15, 0.2) is 11.5 Å². The molecule has 3 aromatic heterocycles. The van der Waals surface area contributed by atoms with E-state index in [1.54, 1.807) is 31.6 Å². The van der Waals surface area contributed by atoms with Crippen molar-refractivity contribution in [2.75, 3.05) is 23.3 Å². The fraction of sp³-hybridized carbons (Fsp3) is 0.261. The summed E-state index contributed by atoms with van der Waals surface area (Å²) in [5.41, 5.74) is 8.46. The fourth-order valence-electron chi connectivity index (χ4n) is 4.31. The molecule has 1 aromatic carbocycles. The second-order valence-electron chi connectivity index (χ2n) is 8.15. The number of pyridine rings is 1. The normalized spacial score (nSPS) is 14.5. The summed E-state index contributed by atoms with van der Waals surface area (Å²) < 4.78 is 21.1. The van der Waals surface area contributed by atoms with E-state index >= 15 is 0 Å². The lowest BCUT2D eigenvalue weighted by atomic mass is 10.0. The molecular formula is C23H22FN7O3. The van der Waals surface area contributed by atoms with Gasteiger partial charge in [0, 0.05) is 56.8 Å². The van der Waals surface area contributed by atoms with E-state index in [9.17, 15) is 14.0 Å². The summed E-state index contributed by atoms with van der Waals surface area (Å²) in [7, 11) is 0. The minimum absolute atomic E-state index is 0.196. The quantitative estimate of drug-likeness (QED) is 0.476. The topological polar surface area (TPSA) is 128 Å². The minimum Gasteiger partial charge on any atom is -0.446 e. The summed E-state index contributed by atoms with van der Waals surface area (Å²) in [6.07, 6.45) is 6.67. The van der Waals surface area contributed by atoms with Crippen molar-refractivity contribution in [3.63, 3.8) is 0 Å². The van der Waals surface area contributed by atoms with Gasteiger partial charge in [-0.3, -0.25) is 14.8 Å². The van der Waals surface area contributed by atoms with Crippen LogP contribution in [-0.4, -0.2) is 50.5 Å². The number of aryl methyl sites for hydroxylation is 1. The van der Waals surface area contributed by atoms with Crippen LogP contribution in [0.1, 0.15) is 28.9 Å². The van der Waals surface area contributed by atoms with Crippen molar-refractivity contribution in [1.82, 2.24) is 19.4 Å². The molecule has 1 fully saturated rings. The lowest BCUT2D eigenvalue weighted by molar-refractivity contribution is 0.0912. The molecule has 3 N–H and O–H groups in total. The number of fused-ring (bicyclic) bond motifs is 2. The molecule has 0 atom stereocenters. The monoisotopic (exact) mass is 463 g/mol. The number of carbonyl (C=O) groups excluding carboxylic acids is 2. The summed E-state index contributed by atoms with van der Waals surface area (Å²) in [6, 6.07) is 4.74. The number of hydrogen-bond donors (Lipinski definition) is 2. The van der Waals surface area contributed by atoms with E-state index in [2.05, 4.69) is 25.2 Å². The van der Waals surface area contributed by atoms with Gasteiger partial charge in [-0.25, -0.2) is 14.2 Å². The summed E-state index contributed by atoms with van der Waals surface area (Å²) in [5.74, 6) is -0.962. The molecule has 0 saturated carbocycles. The first-order valence-corrected chi connectivity index (χ1v) is 10.8. The second kappa shape index (κ2) is 8.58. The number of halogens is 1. The SMILES string of the molecule is Cc1cn2cc(NC(=O)c3ccc(N4CCC(OC(N)=O)CC4)c4nccnc34)cc(F)c2n1. The van der Waals surface area contributed by atoms with Gasteiger partial charge in [-0.1, -0.05) is 0 Å². The van der Waals surface area contributed by atoms with Gasteiger partial charge in [0.2, 0.25) is 0 Å². The number of imidazole rings is 1. The van der Waals surface area contributed by atoms with Crippen molar-refractivity contribution in [3.05, 3.63) is 60.1 Å². The number of ether oxygens (including phenoxy) is 1. The molecule has 1 aliphatic heterocycles. The van der Waals surface area contributed by atoms with E-state index in [0.29, 0.717) is 53.9 Å². The third-order valence-electron chi connectivity index (χ3n) is 5.80. The molecule has 4 aromatic rings. The van der Waals surface area contributed by atoms with E-state index < -0.39 is 17.8 Å². The Morgan fingerprint density at radius 2 is 1.88 bits per heavy atom. The van der Waals surface area contributed by atoms with Crippen molar-refractivity contribution >= 4 is 40.1 Å². The average molecular weight is 463 g/mol. The van der Waals surface area contributed by atoms with Crippen LogP contribution in [-0.2, 0) is 4.74 Å². The third kappa shape index (κ3) is 4.07. The molecular weight excluding hydrogens is 441 g/mol. The van der Waals surface area contributed by atoms with Gasteiger partial charge in [0.05, 0.1) is 22.6 Å². The highest BCUT2D eigenvalue weighted by atomic mass is 19.1. The second-order valence-corrected chi connectivity index (χ2v) is 8.15. The predicted octanol–water partition coefficient (Wildman–Crippen LogP) is 3.04. The van der Waals surface area contributed by atoms with Crippen LogP contribution < -0.4 is 16.0 Å². The standard InChI is InChI=1S/C23H22FN7O3/c1-13-11-31-12-14(10-17(24)21(31)28-13)29-22(32)16-2-3-18(20-19(16)26-6-7-27-20)30-8-4-15(5-9-30)34-23(25)33/h2-3,6-7,10-12,15H,4-5,8-9H2,1H3,(H2,25,33)(H,29,32). The van der Waals surface area contributed by atoms with E-state index in [0.717, 1.165) is 5.69 Å². The van der Waals surface area contributed by atoms with Gasteiger partial charge in [-0.05, 0) is 19.1 Å². The highest BCUT2D eigenvalue weighted by molar-refractivity contribution is 6.13. The van der Waals surface area contributed by atoms with Crippen LogP contribution in [0.2, 0.25) is 0 Å². The molecule has 0 spiro atoms. The smallest absolute Gasteiger partial charge is 0.404 e. The molecule has 5 rings (SSSR count). The molecule has 174 valence electrons. The van der Waals surface area contributed by atoms with Crippen LogP contribution in [0.5, 0.6) is 0 Å². The van der Waals surface area contributed by atoms with E-state index in [1.165, 1.54) is 16.7 Å². The van der Waals surface area contributed by atoms with Gasteiger partial charge in [0.1, 0.15) is 17.1 Å². The fourth-order valence-corrected chi connectivity index (χ4v) is 4.31. The van der Waals surface area contributed by atoms with Crippen LogP contribution >= 0.6 is 0 Å². The number of carbonyl (C=O) groups is 2. The van der Waals surface area contributed by atoms with Crippen LogP contribution in [0.3, 0.4) is 0 Å². The third-order valence-corrected chi connectivity index (χ3v) is 5.80. The van der Waals surface area contributed by atoms with E-state index in [-0.39, 0.29) is 11.8 Å². The Kier molecular flexibility index (Phi) is 5.44. The highest BCUT2D eigenvalue weighted by Crippen LogP contribution is 2.30. The van der Waals surface area contributed by atoms with Crippen LogP contribution in [0.25, 0.3) is 16.7 Å². The van der Waals surface area contributed by atoms with Crippen LogP contribution in [0.15, 0.2) is 43.0 Å². The van der Waals surface area contributed by atoms with Crippen molar-refractivity contribution in [2.45, 2.75) is 25.9 Å². The number of anilines is 2. The maximum absolute atomic E-state index is 14.4. The maximum Gasteiger partial charge on any atom is 0.404 e. The van der Waals surface area contributed by atoms with Gasteiger partial charge in [0.25, 0.3) is 5.91 Å². The van der Waals surface area contributed by atoms with Gasteiger partial charge in [-0.15, -0.1) is 0 Å². The lowest BCUT2D eigenvalue weighted by Gasteiger charge is -2.33. The zero-order valence-electron chi connectivity index (χ0n) is 18.4. The number of nitrogens with one attached hydrogen (secondary N) is 1. The number of nitrogens with zero attached hydrogens (tertiary/aromatic N) is 5.